The number of amides is 1. The molecular weight excluding hydrogens is 356 g/mol. The number of anilines is 2. The topological polar surface area (TPSA) is 68.2 Å². The molecule has 0 radical (unpaired) electrons. The molecule has 0 aliphatic carbocycles. The van der Waals surface area contributed by atoms with Crippen LogP contribution in [-0.4, -0.2) is 28.0 Å². The van der Waals surface area contributed by atoms with Crippen LogP contribution in [0.25, 0.3) is 0 Å². The van der Waals surface area contributed by atoms with Crippen LogP contribution in [-0.2, 0) is 10.5 Å². The molecule has 1 aromatic carbocycles. The maximum absolute atomic E-state index is 12.2. The third-order valence-electron chi connectivity index (χ3n) is 3.26. The summed E-state index contributed by atoms with van der Waals surface area (Å²) in [6.45, 7) is 1.51. The van der Waals surface area contributed by atoms with Gasteiger partial charge in [-0.05, 0) is 18.2 Å². The monoisotopic (exact) mass is 372 g/mol. The Labute approximate surface area is 153 Å². The van der Waals surface area contributed by atoms with Gasteiger partial charge in [0, 0.05) is 30.5 Å². The van der Waals surface area contributed by atoms with Crippen molar-refractivity contribution in [1.29, 1.82) is 0 Å². The zero-order chi connectivity index (χ0) is 17.6. The van der Waals surface area contributed by atoms with Crippen molar-refractivity contribution in [2.24, 2.45) is 0 Å². The molecule has 3 rings (SSSR count). The normalized spacial score (nSPS) is 10.5. The molecule has 6 nitrogen and oxygen atoms in total. The van der Waals surface area contributed by atoms with Gasteiger partial charge < -0.3 is 4.74 Å². The molecule has 0 saturated heterocycles. The van der Waals surface area contributed by atoms with Crippen LogP contribution < -0.4 is 9.64 Å². The van der Waals surface area contributed by atoms with E-state index in [1.807, 2.05) is 29.6 Å². The summed E-state index contributed by atoms with van der Waals surface area (Å²) in [5.41, 5.74) is 1.55. The Morgan fingerprint density at radius 2 is 2.00 bits per heavy atom. The van der Waals surface area contributed by atoms with E-state index >= 15 is 0 Å². The maximum atomic E-state index is 12.2. The molecule has 0 aliphatic heterocycles. The first-order chi connectivity index (χ1) is 12.2. The number of benzene rings is 1. The van der Waals surface area contributed by atoms with Gasteiger partial charge in [-0.3, -0.25) is 9.69 Å². The van der Waals surface area contributed by atoms with Crippen molar-refractivity contribution < 1.29 is 9.53 Å². The Kier molecular flexibility index (Phi) is 5.62. The summed E-state index contributed by atoms with van der Waals surface area (Å²) in [6.07, 6.45) is 3.42. The predicted octanol–water partition coefficient (Wildman–Crippen LogP) is 3.92. The standard InChI is InChI=1S/C17H16N4O2S2/c1-12(22)21(14-6-3-4-7-15(14)23-2)17-20-13(11-25-17)10-24-16-18-8-5-9-19-16/h3-9,11H,10H2,1-2H3. The third kappa shape index (κ3) is 4.15. The third-order valence-corrected chi connectivity index (χ3v) is 5.05. The molecule has 8 heteroatoms. The molecule has 25 heavy (non-hydrogen) atoms. The van der Waals surface area contributed by atoms with Crippen molar-refractivity contribution in [2.75, 3.05) is 12.0 Å². The van der Waals surface area contributed by atoms with Gasteiger partial charge in [0.05, 0.1) is 18.5 Å². The minimum Gasteiger partial charge on any atom is -0.495 e. The lowest BCUT2D eigenvalue weighted by Crippen LogP contribution is -2.23. The second kappa shape index (κ2) is 8.09. The Morgan fingerprint density at radius 3 is 2.72 bits per heavy atom. The SMILES string of the molecule is COc1ccccc1N(C(C)=O)c1nc(CSc2ncccn2)cs1. The Balaban J connectivity index is 1.81. The van der Waals surface area contributed by atoms with Crippen LogP contribution in [0.4, 0.5) is 10.8 Å². The summed E-state index contributed by atoms with van der Waals surface area (Å²) in [4.78, 5) is 26.7. The Hall–Kier alpha value is -2.45. The summed E-state index contributed by atoms with van der Waals surface area (Å²) in [6, 6.07) is 9.18. The number of para-hydroxylation sites is 2. The van der Waals surface area contributed by atoms with E-state index < -0.39 is 0 Å². The van der Waals surface area contributed by atoms with Gasteiger partial charge in [-0.25, -0.2) is 15.0 Å². The van der Waals surface area contributed by atoms with Crippen molar-refractivity contribution in [1.82, 2.24) is 15.0 Å². The van der Waals surface area contributed by atoms with Gasteiger partial charge in [-0.15, -0.1) is 11.3 Å². The summed E-state index contributed by atoms with van der Waals surface area (Å²) < 4.78 is 5.37. The number of rotatable bonds is 6. The van der Waals surface area contributed by atoms with Crippen molar-refractivity contribution >= 4 is 39.8 Å². The average molecular weight is 372 g/mol. The number of carbonyl (C=O) groups excluding carboxylic acids is 1. The van der Waals surface area contributed by atoms with Crippen LogP contribution in [0, 0.1) is 0 Å². The molecule has 0 bridgehead atoms. The van der Waals surface area contributed by atoms with Gasteiger partial charge in [0.1, 0.15) is 5.75 Å². The number of thiazole rings is 1. The highest BCUT2D eigenvalue weighted by atomic mass is 32.2. The van der Waals surface area contributed by atoms with E-state index in [1.165, 1.54) is 30.0 Å². The lowest BCUT2D eigenvalue weighted by atomic mass is 10.2. The van der Waals surface area contributed by atoms with Crippen molar-refractivity contribution in [3.63, 3.8) is 0 Å². The van der Waals surface area contributed by atoms with Crippen LogP contribution in [0.1, 0.15) is 12.6 Å². The van der Waals surface area contributed by atoms with Crippen LogP contribution >= 0.6 is 23.1 Å². The molecule has 2 heterocycles. The first kappa shape index (κ1) is 17.4. The molecule has 0 unspecified atom stereocenters. The fraction of sp³-hybridized carbons (Fsp3) is 0.176. The molecule has 0 fully saturated rings. The van der Waals surface area contributed by atoms with E-state index in [0.717, 1.165) is 5.69 Å². The largest absolute Gasteiger partial charge is 0.495 e. The van der Waals surface area contributed by atoms with Gasteiger partial charge >= 0.3 is 0 Å². The number of methoxy groups -OCH3 is 1. The summed E-state index contributed by atoms with van der Waals surface area (Å²) in [5.74, 6) is 1.14. The second-order valence-electron chi connectivity index (χ2n) is 4.97. The van der Waals surface area contributed by atoms with Crippen molar-refractivity contribution in [3.05, 3.63) is 53.8 Å². The maximum Gasteiger partial charge on any atom is 0.230 e. The first-order valence-electron chi connectivity index (χ1n) is 7.47. The summed E-state index contributed by atoms with van der Waals surface area (Å²) >= 11 is 2.92. The quantitative estimate of drug-likeness (QED) is 0.483. The smallest absolute Gasteiger partial charge is 0.230 e. The van der Waals surface area contributed by atoms with E-state index in [0.29, 0.717) is 27.5 Å². The fourth-order valence-corrected chi connectivity index (χ4v) is 3.87. The highest BCUT2D eigenvalue weighted by Crippen LogP contribution is 2.36. The van der Waals surface area contributed by atoms with Crippen LogP contribution in [0.5, 0.6) is 5.75 Å². The number of nitrogens with zero attached hydrogens (tertiary/aromatic N) is 4. The number of aromatic nitrogens is 3. The van der Waals surface area contributed by atoms with E-state index in [4.69, 9.17) is 4.74 Å². The van der Waals surface area contributed by atoms with Crippen LogP contribution in [0.3, 0.4) is 0 Å². The molecule has 2 aromatic heterocycles. The number of thioether (sulfide) groups is 1. The summed E-state index contributed by atoms with van der Waals surface area (Å²) in [7, 11) is 1.58. The van der Waals surface area contributed by atoms with E-state index in [1.54, 1.807) is 30.5 Å². The number of ether oxygens (including phenoxy) is 1. The van der Waals surface area contributed by atoms with E-state index in [2.05, 4.69) is 15.0 Å². The Morgan fingerprint density at radius 1 is 1.24 bits per heavy atom. The molecule has 128 valence electrons. The summed E-state index contributed by atoms with van der Waals surface area (Å²) in [5, 5.41) is 3.25. The highest BCUT2D eigenvalue weighted by Gasteiger charge is 2.21. The average Bonchev–Trinajstić information content (AvgIpc) is 3.09. The lowest BCUT2D eigenvalue weighted by Gasteiger charge is -2.20. The zero-order valence-electron chi connectivity index (χ0n) is 13.7. The van der Waals surface area contributed by atoms with Gasteiger partial charge in [-0.1, -0.05) is 23.9 Å². The van der Waals surface area contributed by atoms with Gasteiger partial charge in [0.15, 0.2) is 10.3 Å². The molecule has 1 amide bonds. The number of hydrogen-bond acceptors (Lipinski definition) is 7. The fourth-order valence-electron chi connectivity index (χ4n) is 2.19. The molecule has 0 atom stereocenters. The lowest BCUT2D eigenvalue weighted by molar-refractivity contribution is -0.115. The van der Waals surface area contributed by atoms with Gasteiger partial charge in [-0.2, -0.15) is 0 Å². The minimum atomic E-state index is -0.121. The van der Waals surface area contributed by atoms with Crippen molar-refractivity contribution in [2.45, 2.75) is 17.8 Å². The van der Waals surface area contributed by atoms with Crippen LogP contribution in [0.2, 0.25) is 0 Å². The van der Waals surface area contributed by atoms with Gasteiger partial charge in [0.2, 0.25) is 5.91 Å². The number of hydrogen-bond donors (Lipinski definition) is 0. The molecular formula is C17H16N4O2S2. The Bertz CT molecular complexity index is 855. The zero-order valence-corrected chi connectivity index (χ0v) is 15.4. The highest BCUT2D eigenvalue weighted by molar-refractivity contribution is 7.98. The first-order valence-corrected chi connectivity index (χ1v) is 9.33. The molecule has 0 saturated carbocycles. The number of carbonyl (C=O) groups is 1. The van der Waals surface area contributed by atoms with E-state index in [-0.39, 0.29) is 5.91 Å². The predicted molar refractivity (Wildman–Crippen MR) is 99.5 cm³/mol. The molecule has 3 aromatic rings. The molecule has 0 spiro atoms. The van der Waals surface area contributed by atoms with Gasteiger partial charge in [0.25, 0.3) is 0 Å². The van der Waals surface area contributed by atoms with Crippen molar-refractivity contribution in [3.8, 4) is 5.75 Å². The molecule has 0 N–H and O–H groups in total. The second-order valence-corrected chi connectivity index (χ2v) is 6.75. The van der Waals surface area contributed by atoms with E-state index in [9.17, 15) is 4.79 Å². The van der Waals surface area contributed by atoms with Crippen LogP contribution in [0.15, 0.2) is 53.3 Å². The minimum absolute atomic E-state index is 0.121. The molecule has 0 aliphatic rings.